The Morgan fingerprint density at radius 1 is 1.40 bits per heavy atom. The molecule has 15 heavy (non-hydrogen) atoms. The molecule has 0 N–H and O–H groups in total. The molecule has 0 bridgehead atoms. The number of fused-ring (bicyclic) bond motifs is 1. The van der Waals surface area contributed by atoms with Crippen molar-refractivity contribution in [1.82, 2.24) is 0 Å². The lowest BCUT2D eigenvalue weighted by Crippen LogP contribution is -2.13. The molecule has 0 radical (unpaired) electrons. The molecular formula is C13H17ClO. The Morgan fingerprint density at radius 3 is 2.87 bits per heavy atom. The van der Waals surface area contributed by atoms with Gasteiger partial charge in [-0.3, -0.25) is 0 Å². The van der Waals surface area contributed by atoms with Gasteiger partial charge in [0, 0.05) is 16.9 Å². The quantitative estimate of drug-likeness (QED) is 0.710. The number of hydrogen-bond donors (Lipinski definition) is 0. The van der Waals surface area contributed by atoms with Gasteiger partial charge in [0.1, 0.15) is 5.75 Å². The van der Waals surface area contributed by atoms with Crippen LogP contribution < -0.4 is 4.74 Å². The highest BCUT2D eigenvalue weighted by Gasteiger charge is 2.26. The van der Waals surface area contributed by atoms with Crippen LogP contribution >= 0.6 is 11.6 Å². The molecule has 1 aromatic carbocycles. The average molecular weight is 225 g/mol. The maximum Gasteiger partial charge on any atom is 0.122 e. The second-order valence-corrected chi connectivity index (χ2v) is 5.12. The van der Waals surface area contributed by atoms with E-state index in [1.165, 1.54) is 5.56 Å². The van der Waals surface area contributed by atoms with Gasteiger partial charge in [-0.1, -0.05) is 25.1 Å². The van der Waals surface area contributed by atoms with Gasteiger partial charge in [0.25, 0.3) is 0 Å². The molecule has 0 amide bonds. The first-order valence-corrected chi connectivity index (χ1v) is 5.98. The van der Waals surface area contributed by atoms with E-state index in [0.29, 0.717) is 11.8 Å². The fourth-order valence-corrected chi connectivity index (χ4v) is 2.16. The maximum absolute atomic E-state index is 6.09. The molecule has 2 heteroatoms. The molecule has 2 rings (SSSR count). The number of ether oxygens (including phenoxy) is 1. The summed E-state index contributed by atoms with van der Waals surface area (Å²) in [5.74, 6) is 2.11. The first kappa shape index (κ1) is 10.8. The number of hydrogen-bond acceptors (Lipinski definition) is 1. The fourth-order valence-electron chi connectivity index (χ4n) is 2.06. The standard InChI is InChI=1S/C13H17ClO/c1-9(10(2)14)7-11-8-15-13-6-4-3-5-12(11)13/h3-6,9-11H,7-8H2,1-2H3. The van der Waals surface area contributed by atoms with E-state index < -0.39 is 0 Å². The number of alkyl halides is 1. The van der Waals surface area contributed by atoms with Crippen molar-refractivity contribution >= 4 is 11.6 Å². The molecule has 1 nitrogen and oxygen atoms in total. The van der Waals surface area contributed by atoms with E-state index in [2.05, 4.69) is 26.0 Å². The zero-order valence-corrected chi connectivity index (χ0v) is 10.00. The number of benzene rings is 1. The molecule has 0 aliphatic carbocycles. The third kappa shape index (κ3) is 2.28. The molecule has 1 aliphatic rings. The Labute approximate surface area is 96.4 Å². The lowest BCUT2D eigenvalue weighted by atomic mass is 9.90. The summed E-state index contributed by atoms with van der Waals surface area (Å²) in [4.78, 5) is 0. The van der Waals surface area contributed by atoms with Crippen molar-refractivity contribution in [3.05, 3.63) is 29.8 Å². The average Bonchev–Trinajstić information content (AvgIpc) is 2.62. The summed E-state index contributed by atoms with van der Waals surface area (Å²) < 4.78 is 5.65. The van der Waals surface area contributed by atoms with E-state index >= 15 is 0 Å². The molecule has 3 atom stereocenters. The zero-order valence-electron chi connectivity index (χ0n) is 9.24. The van der Waals surface area contributed by atoms with Gasteiger partial charge in [-0.15, -0.1) is 11.6 Å². The van der Waals surface area contributed by atoms with E-state index in [0.717, 1.165) is 18.8 Å². The van der Waals surface area contributed by atoms with Crippen molar-refractivity contribution in [3.8, 4) is 5.75 Å². The predicted octanol–water partition coefficient (Wildman–Crippen LogP) is 3.82. The molecule has 0 saturated carbocycles. The summed E-state index contributed by atoms with van der Waals surface area (Å²) in [7, 11) is 0. The van der Waals surface area contributed by atoms with Crippen molar-refractivity contribution < 1.29 is 4.74 Å². The van der Waals surface area contributed by atoms with Crippen molar-refractivity contribution in [2.45, 2.75) is 31.6 Å². The normalized spacial score (nSPS) is 23.0. The zero-order chi connectivity index (χ0) is 10.8. The predicted molar refractivity (Wildman–Crippen MR) is 63.8 cm³/mol. The molecule has 1 heterocycles. The van der Waals surface area contributed by atoms with Gasteiger partial charge in [-0.25, -0.2) is 0 Å². The highest BCUT2D eigenvalue weighted by Crippen LogP contribution is 2.38. The molecule has 0 aromatic heterocycles. The summed E-state index contributed by atoms with van der Waals surface area (Å²) in [6, 6.07) is 8.31. The summed E-state index contributed by atoms with van der Waals surface area (Å²) in [6.45, 7) is 5.08. The Hall–Kier alpha value is -0.690. The van der Waals surface area contributed by atoms with E-state index in [4.69, 9.17) is 16.3 Å². The first-order chi connectivity index (χ1) is 7.18. The lowest BCUT2D eigenvalue weighted by molar-refractivity contribution is 0.309. The van der Waals surface area contributed by atoms with Crippen LogP contribution in [0.15, 0.2) is 24.3 Å². The smallest absolute Gasteiger partial charge is 0.122 e. The monoisotopic (exact) mass is 224 g/mol. The minimum atomic E-state index is 0.234. The first-order valence-electron chi connectivity index (χ1n) is 5.54. The molecule has 1 aliphatic heterocycles. The Morgan fingerprint density at radius 2 is 2.13 bits per heavy atom. The third-order valence-electron chi connectivity index (χ3n) is 3.24. The van der Waals surface area contributed by atoms with Crippen molar-refractivity contribution in [2.75, 3.05) is 6.61 Å². The van der Waals surface area contributed by atoms with E-state index in [9.17, 15) is 0 Å². The van der Waals surface area contributed by atoms with E-state index in [1.807, 2.05) is 12.1 Å². The van der Waals surface area contributed by atoms with Gasteiger partial charge >= 0.3 is 0 Å². The van der Waals surface area contributed by atoms with Crippen molar-refractivity contribution in [1.29, 1.82) is 0 Å². The number of rotatable bonds is 3. The molecular weight excluding hydrogens is 208 g/mol. The van der Waals surface area contributed by atoms with Crippen LogP contribution in [0.4, 0.5) is 0 Å². The van der Waals surface area contributed by atoms with Crippen LogP contribution in [0.1, 0.15) is 31.7 Å². The summed E-state index contributed by atoms with van der Waals surface area (Å²) in [5, 5.41) is 0.234. The van der Waals surface area contributed by atoms with Crippen LogP contribution in [0.3, 0.4) is 0 Å². The Kier molecular flexibility index (Phi) is 3.20. The number of para-hydroxylation sites is 1. The maximum atomic E-state index is 6.09. The van der Waals surface area contributed by atoms with Gasteiger partial charge < -0.3 is 4.74 Å². The Bertz CT molecular complexity index is 335. The van der Waals surface area contributed by atoms with Crippen LogP contribution in [0, 0.1) is 5.92 Å². The lowest BCUT2D eigenvalue weighted by Gasteiger charge is -2.17. The SMILES string of the molecule is CC(Cl)C(C)CC1COc2ccccc21. The van der Waals surface area contributed by atoms with Crippen molar-refractivity contribution in [3.63, 3.8) is 0 Å². The highest BCUT2D eigenvalue weighted by molar-refractivity contribution is 6.20. The molecule has 0 spiro atoms. The minimum Gasteiger partial charge on any atom is -0.493 e. The summed E-state index contributed by atoms with van der Waals surface area (Å²) in [5.41, 5.74) is 1.35. The van der Waals surface area contributed by atoms with Crippen LogP contribution in [-0.4, -0.2) is 12.0 Å². The largest absolute Gasteiger partial charge is 0.493 e. The Balaban J connectivity index is 2.08. The fraction of sp³-hybridized carbons (Fsp3) is 0.538. The molecule has 0 saturated heterocycles. The van der Waals surface area contributed by atoms with E-state index in [-0.39, 0.29) is 5.38 Å². The van der Waals surface area contributed by atoms with Gasteiger partial charge in [0.2, 0.25) is 0 Å². The van der Waals surface area contributed by atoms with E-state index in [1.54, 1.807) is 0 Å². The number of halogens is 1. The van der Waals surface area contributed by atoms with Crippen LogP contribution in [-0.2, 0) is 0 Å². The summed E-state index contributed by atoms with van der Waals surface area (Å²) >= 11 is 6.09. The van der Waals surface area contributed by atoms with Gasteiger partial charge in [0.15, 0.2) is 0 Å². The molecule has 82 valence electrons. The van der Waals surface area contributed by atoms with Gasteiger partial charge in [-0.05, 0) is 25.3 Å². The summed E-state index contributed by atoms with van der Waals surface area (Å²) in [6.07, 6.45) is 1.11. The topological polar surface area (TPSA) is 9.23 Å². The molecule has 1 aromatic rings. The second-order valence-electron chi connectivity index (χ2n) is 4.44. The van der Waals surface area contributed by atoms with Crippen LogP contribution in [0.2, 0.25) is 0 Å². The molecule has 3 unspecified atom stereocenters. The minimum absolute atomic E-state index is 0.234. The van der Waals surface area contributed by atoms with Gasteiger partial charge in [-0.2, -0.15) is 0 Å². The van der Waals surface area contributed by atoms with Gasteiger partial charge in [0.05, 0.1) is 6.61 Å². The van der Waals surface area contributed by atoms with Crippen LogP contribution in [0.5, 0.6) is 5.75 Å². The van der Waals surface area contributed by atoms with Crippen LogP contribution in [0.25, 0.3) is 0 Å². The molecule has 0 fully saturated rings. The van der Waals surface area contributed by atoms with Crippen molar-refractivity contribution in [2.24, 2.45) is 5.92 Å². The third-order valence-corrected chi connectivity index (χ3v) is 3.67. The second kappa shape index (κ2) is 4.44. The highest BCUT2D eigenvalue weighted by atomic mass is 35.5.